The zero-order valence-electron chi connectivity index (χ0n) is 45.7. The molecule has 0 atom stereocenters. The minimum Gasteiger partial charge on any atom is -0.508 e. The maximum absolute atomic E-state index is 13.4. The van der Waals surface area contributed by atoms with Crippen LogP contribution in [0.25, 0.3) is 17.1 Å². The molecule has 4 aromatic carbocycles. The topological polar surface area (TPSA) is 284 Å². The van der Waals surface area contributed by atoms with Crippen LogP contribution in [0.3, 0.4) is 0 Å². The Morgan fingerprint density at radius 1 is 0.778 bits per heavy atom. The third-order valence-electron chi connectivity index (χ3n) is 14.5. The van der Waals surface area contributed by atoms with Crippen molar-refractivity contribution in [1.29, 1.82) is 0 Å². The third kappa shape index (κ3) is 12.4. The summed E-state index contributed by atoms with van der Waals surface area (Å²) in [5.74, 6) is 1.64. The number of anilines is 1. The maximum atomic E-state index is 13.4. The molecule has 6 heterocycles. The number of phenolic OH excluding ortho intramolecular Hbond substituents is 2. The van der Waals surface area contributed by atoms with E-state index in [0.717, 1.165) is 29.7 Å². The van der Waals surface area contributed by atoms with Crippen molar-refractivity contribution in [3.05, 3.63) is 119 Å². The number of piperazine rings is 2. The van der Waals surface area contributed by atoms with Crippen LogP contribution in [0.4, 0.5) is 16.4 Å². The summed E-state index contributed by atoms with van der Waals surface area (Å²) in [5.41, 5.74) is 10.5. The highest BCUT2D eigenvalue weighted by atomic mass is 16.6. The number of benzene rings is 4. The first-order valence-corrected chi connectivity index (χ1v) is 27.1. The molecular weight excluding hydrogens is 1040 g/mol. The number of carbonyl (C=O) groups excluding carboxylic acids is 4. The fourth-order valence-corrected chi connectivity index (χ4v) is 10.2. The van der Waals surface area contributed by atoms with E-state index in [2.05, 4.69) is 45.6 Å². The van der Waals surface area contributed by atoms with E-state index in [1.54, 1.807) is 34.8 Å². The summed E-state index contributed by atoms with van der Waals surface area (Å²) < 4.78 is 19.4. The molecule has 24 nitrogen and oxygen atoms in total. The van der Waals surface area contributed by atoms with Gasteiger partial charge in [-0.2, -0.15) is 0 Å². The average Bonchev–Trinajstić information content (AvgIpc) is 4.32. The van der Waals surface area contributed by atoms with E-state index in [4.69, 9.17) is 24.9 Å². The first-order valence-electron chi connectivity index (χ1n) is 27.1. The second-order valence-corrected chi connectivity index (χ2v) is 20.2. The second-order valence-electron chi connectivity index (χ2n) is 20.2. The van der Waals surface area contributed by atoms with E-state index in [-0.39, 0.29) is 52.9 Å². The third-order valence-corrected chi connectivity index (χ3v) is 14.5. The summed E-state index contributed by atoms with van der Waals surface area (Å²) in [6.07, 6.45) is 3.23. The number of carbonyl (C=O) groups is 4. The van der Waals surface area contributed by atoms with Crippen LogP contribution in [0.2, 0.25) is 0 Å². The van der Waals surface area contributed by atoms with Crippen molar-refractivity contribution < 1.29 is 43.6 Å². The largest absolute Gasteiger partial charge is 0.508 e. The van der Waals surface area contributed by atoms with E-state index >= 15 is 0 Å². The number of nitrogens with one attached hydrogen (secondary N) is 2. The molecule has 0 unspecified atom stereocenters. The van der Waals surface area contributed by atoms with Gasteiger partial charge < -0.3 is 45.3 Å². The Kier molecular flexibility index (Phi) is 16.7. The first-order chi connectivity index (χ1) is 39.2. The predicted molar refractivity (Wildman–Crippen MR) is 300 cm³/mol. The Hall–Kier alpha value is -9.16. The van der Waals surface area contributed by atoms with Gasteiger partial charge in [0.15, 0.2) is 17.3 Å². The van der Waals surface area contributed by atoms with Crippen LogP contribution in [0.5, 0.6) is 28.7 Å². The van der Waals surface area contributed by atoms with Gasteiger partial charge in [-0.3, -0.25) is 44.0 Å². The van der Waals surface area contributed by atoms with Crippen molar-refractivity contribution in [3.8, 4) is 45.8 Å². The number of rotatable bonds is 17. The molecule has 0 aliphatic carbocycles. The lowest BCUT2D eigenvalue weighted by Gasteiger charge is -2.35. The number of nitrogens with two attached hydrogens (primary N) is 1. The van der Waals surface area contributed by atoms with Gasteiger partial charge in [-0.25, -0.2) is 19.8 Å². The van der Waals surface area contributed by atoms with Crippen LogP contribution in [0, 0.1) is 0 Å². The molecular formula is C57H65N15O9. The molecule has 2 fully saturated rings. The van der Waals surface area contributed by atoms with Crippen LogP contribution >= 0.6 is 0 Å². The van der Waals surface area contributed by atoms with Crippen LogP contribution in [-0.2, 0) is 17.8 Å². The lowest BCUT2D eigenvalue weighted by Crippen LogP contribution is -2.49. The minimum absolute atomic E-state index is 0.0237. The second kappa shape index (κ2) is 24.5. The van der Waals surface area contributed by atoms with Gasteiger partial charge in [-0.05, 0) is 78.4 Å². The monoisotopic (exact) mass is 1100 g/mol. The summed E-state index contributed by atoms with van der Waals surface area (Å²) in [7, 11) is 1.55. The molecule has 0 radical (unpaired) electrons. The normalized spacial score (nSPS) is 15.4. The Bertz CT molecular complexity index is 3350. The van der Waals surface area contributed by atoms with Crippen LogP contribution < -0.4 is 30.6 Å². The molecule has 4 aliphatic heterocycles. The number of nitrogens with zero attached hydrogens (tertiary/aromatic N) is 12. The number of hydrogen-bond acceptors (Lipinski definition) is 19. The fraction of sp³-hybridized carbons (Fsp3) is 0.368. The van der Waals surface area contributed by atoms with Gasteiger partial charge >= 0.3 is 6.09 Å². The van der Waals surface area contributed by atoms with Crippen molar-refractivity contribution >= 4 is 47.2 Å². The quantitative estimate of drug-likeness (QED) is 0.0783. The van der Waals surface area contributed by atoms with Gasteiger partial charge in [0.25, 0.3) is 11.8 Å². The van der Waals surface area contributed by atoms with Crippen molar-refractivity contribution in [1.82, 2.24) is 59.9 Å². The zero-order valence-corrected chi connectivity index (χ0v) is 45.7. The number of hydrogen-bond donors (Lipinski definition) is 5. The number of aliphatic imine (C=N–C) groups is 2. The van der Waals surface area contributed by atoms with Gasteiger partial charge in [0.05, 0.1) is 37.8 Å². The Balaban J connectivity index is 0.651. The van der Waals surface area contributed by atoms with Gasteiger partial charge in [0.1, 0.15) is 28.8 Å². The molecule has 6 aromatic rings. The zero-order chi connectivity index (χ0) is 56.7. The van der Waals surface area contributed by atoms with E-state index < -0.39 is 17.9 Å². The summed E-state index contributed by atoms with van der Waals surface area (Å²) in [5, 5.41) is 35.6. The SMILES string of the molecule is CCNC(=O)c1nnc(-c2cc(C(C)C)c(O)cc2O)n1-c1ccc(CN2CCN(C(=O)Cc3ccc(OC(=O)N4CCN(CCCOc5ccc6c(c5OC)N=C(NC(=O)c5cnc(N)nc5)N5CCN=C65)CC4)cc3)CC2)cc1. The summed E-state index contributed by atoms with van der Waals surface area (Å²) in [6.45, 7) is 13.9. The molecule has 10 rings (SSSR count). The lowest BCUT2D eigenvalue weighted by atomic mass is 9.98. The first kappa shape index (κ1) is 55.2. The molecule has 2 saturated heterocycles. The van der Waals surface area contributed by atoms with E-state index in [1.165, 1.54) is 18.5 Å². The number of aromatic hydroxyl groups is 2. The van der Waals surface area contributed by atoms with Crippen LogP contribution in [0.15, 0.2) is 95.2 Å². The fourth-order valence-electron chi connectivity index (χ4n) is 10.2. The summed E-state index contributed by atoms with van der Waals surface area (Å²) in [6, 6.07) is 21.5. The highest BCUT2D eigenvalue weighted by Crippen LogP contribution is 2.43. The molecule has 0 spiro atoms. The highest BCUT2D eigenvalue weighted by Gasteiger charge is 2.34. The van der Waals surface area contributed by atoms with E-state index in [1.807, 2.05) is 79.1 Å². The Labute approximate surface area is 467 Å². The van der Waals surface area contributed by atoms with Crippen molar-refractivity contribution in [2.45, 2.75) is 46.1 Å². The molecule has 4 aliphatic rings. The number of phenols is 2. The lowest BCUT2D eigenvalue weighted by molar-refractivity contribution is -0.132. The Morgan fingerprint density at radius 3 is 2.19 bits per heavy atom. The van der Waals surface area contributed by atoms with Crippen molar-refractivity contribution in [3.63, 3.8) is 0 Å². The molecule has 6 N–H and O–H groups in total. The number of methoxy groups -OCH3 is 1. The van der Waals surface area contributed by atoms with Crippen molar-refractivity contribution in [2.24, 2.45) is 9.98 Å². The minimum atomic E-state index is -0.441. The number of ether oxygens (including phenoxy) is 3. The van der Waals surface area contributed by atoms with Gasteiger partial charge in [-0.15, -0.1) is 10.2 Å². The standard InChI is InChI=1S/C57H65N15O9/c1-5-59-54(77)52-66-65-51(43-30-42(35(2)3)44(73)31-45(43)74)72(52)39-11-7-37(8-12-39)34-68-22-24-69(25-23-68)47(75)29-36-9-13-40(14-10-36)81-57(78)70-26-20-67(21-27-70)18-6-28-80-46-16-15-41-48(49(46)79-4)63-56(71-19-17-60-50(41)71)64-53(76)38-32-61-55(58)62-33-38/h7-16,30-33,35,73-74H,5-6,17-29,34H2,1-4H3,(H,59,77)(H2,58,61,62)(H,63,64,76). The molecule has 0 saturated carbocycles. The number of amidine groups is 1. The molecule has 422 valence electrons. The predicted octanol–water partition coefficient (Wildman–Crippen LogP) is 4.57. The molecule has 24 heteroatoms. The van der Waals surface area contributed by atoms with Crippen LogP contribution in [0.1, 0.15) is 76.3 Å². The van der Waals surface area contributed by atoms with Gasteiger partial charge in [-0.1, -0.05) is 38.1 Å². The number of fused-ring (bicyclic) bond motifs is 3. The van der Waals surface area contributed by atoms with Crippen LogP contribution in [-0.4, -0.2) is 187 Å². The number of guanidine groups is 1. The maximum Gasteiger partial charge on any atom is 0.415 e. The number of nitrogen functional groups attached to an aromatic ring is 1. The average molecular weight is 1100 g/mol. The highest BCUT2D eigenvalue weighted by molar-refractivity contribution is 6.20. The number of aromatic nitrogens is 5. The van der Waals surface area contributed by atoms with E-state index in [0.29, 0.717) is 137 Å². The summed E-state index contributed by atoms with van der Waals surface area (Å²) >= 11 is 0. The van der Waals surface area contributed by atoms with Gasteiger partial charge in [0.2, 0.25) is 23.6 Å². The number of amides is 4. The van der Waals surface area contributed by atoms with Crippen molar-refractivity contribution in [2.75, 3.05) is 98.0 Å². The Morgan fingerprint density at radius 2 is 1.48 bits per heavy atom. The molecule has 2 aromatic heterocycles. The molecule has 81 heavy (non-hydrogen) atoms. The van der Waals surface area contributed by atoms with Gasteiger partial charge in [0, 0.05) is 108 Å². The molecule has 4 amide bonds. The smallest absolute Gasteiger partial charge is 0.415 e. The summed E-state index contributed by atoms with van der Waals surface area (Å²) in [4.78, 5) is 80.2. The molecule has 0 bridgehead atoms. The van der Waals surface area contributed by atoms with E-state index in [9.17, 15) is 29.4 Å².